The normalized spacial score (nSPS) is 11.7. The third-order valence-electron chi connectivity index (χ3n) is 3.68. The van der Waals surface area contributed by atoms with Crippen LogP contribution in [0.15, 0.2) is 42.3 Å². The van der Waals surface area contributed by atoms with E-state index in [0.717, 1.165) is 23.3 Å². The van der Waals surface area contributed by atoms with Crippen molar-refractivity contribution in [1.29, 1.82) is 0 Å². The van der Waals surface area contributed by atoms with Crippen molar-refractivity contribution in [1.82, 2.24) is 18.9 Å². The second-order valence-electron chi connectivity index (χ2n) is 4.98. The lowest BCUT2D eigenvalue weighted by Gasteiger charge is -2.02. The number of aromatic nitrogens is 4. The number of fused-ring (bicyclic) bond motifs is 2. The van der Waals surface area contributed by atoms with Gasteiger partial charge in [0.2, 0.25) is 0 Å². The van der Waals surface area contributed by atoms with Crippen LogP contribution in [0.3, 0.4) is 0 Å². The summed E-state index contributed by atoms with van der Waals surface area (Å²) in [5.41, 5.74) is 4.83. The Morgan fingerprint density at radius 2 is 2.15 bits per heavy atom. The number of rotatable bonds is 3. The molecule has 4 aromatic rings. The summed E-state index contributed by atoms with van der Waals surface area (Å²) in [6.07, 6.45) is 7.93. The van der Waals surface area contributed by atoms with E-state index in [-0.39, 0.29) is 0 Å². The maximum atomic E-state index is 4.41. The molecule has 0 spiro atoms. The average molecular weight is 282 g/mol. The summed E-state index contributed by atoms with van der Waals surface area (Å²) in [6, 6.07) is 6.52. The summed E-state index contributed by atoms with van der Waals surface area (Å²) >= 11 is 1.67. The predicted octanol–water partition coefficient (Wildman–Crippen LogP) is 3.07. The van der Waals surface area contributed by atoms with Crippen molar-refractivity contribution in [2.24, 2.45) is 7.05 Å². The standard InChI is InChI=1S/C15H14N4S/c1-18-10-17-13-8-11(3-5-14(13)18)2-4-12-9-16-15-19(12)6-7-20-15/h3,5-10H,2,4H2,1H3. The molecule has 4 rings (SSSR count). The second-order valence-corrected chi connectivity index (χ2v) is 5.86. The van der Waals surface area contributed by atoms with Crippen LogP contribution in [0.1, 0.15) is 11.3 Å². The molecule has 0 bridgehead atoms. The number of aryl methyl sites for hydroxylation is 3. The van der Waals surface area contributed by atoms with Crippen LogP contribution in [0.25, 0.3) is 16.0 Å². The number of hydrogen-bond acceptors (Lipinski definition) is 3. The Labute approximate surface area is 120 Å². The molecule has 1 aromatic carbocycles. The lowest BCUT2D eigenvalue weighted by Crippen LogP contribution is -1.94. The zero-order chi connectivity index (χ0) is 13.5. The fourth-order valence-corrected chi connectivity index (χ4v) is 3.28. The van der Waals surface area contributed by atoms with Crippen molar-refractivity contribution in [2.75, 3.05) is 0 Å². The Morgan fingerprint density at radius 1 is 1.20 bits per heavy atom. The predicted molar refractivity (Wildman–Crippen MR) is 81.2 cm³/mol. The first kappa shape index (κ1) is 11.7. The van der Waals surface area contributed by atoms with Crippen LogP contribution in [0.5, 0.6) is 0 Å². The third kappa shape index (κ3) is 1.82. The van der Waals surface area contributed by atoms with Gasteiger partial charge in [0.15, 0.2) is 4.96 Å². The summed E-state index contributed by atoms with van der Waals surface area (Å²) in [5.74, 6) is 0. The van der Waals surface area contributed by atoms with E-state index < -0.39 is 0 Å². The molecule has 0 aliphatic heterocycles. The van der Waals surface area contributed by atoms with Gasteiger partial charge in [-0.15, -0.1) is 11.3 Å². The van der Waals surface area contributed by atoms with Crippen LogP contribution < -0.4 is 0 Å². The molecular formula is C15H14N4S. The van der Waals surface area contributed by atoms with Gasteiger partial charge in [0.05, 0.1) is 23.6 Å². The van der Waals surface area contributed by atoms with Gasteiger partial charge < -0.3 is 4.57 Å². The monoisotopic (exact) mass is 282 g/mol. The van der Waals surface area contributed by atoms with Crippen molar-refractivity contribution in [2.45, 2.75) is 12.8 Å². The molecule has 0 fully saturated rings. The van der Waals surface area contributed by atoms with Gasteiger partial charge in [-0.1, -0.05) is 6.07 Å². The minimum Gasteiger partial charge on any atom is -0.334 e. The smallest absolute Gasteiger partial charge is 0.193 e. The molecule has 3 heterocycles. The van der Waals surface area contributed by atoms with Gasteiger partial charge in [0.25, 0.3) is 0 Å². The molecule has 5 heteroatoms. The molecule has 4 nitrogen and oxygen atoms in total. The van der Waals surface area contributed by atoms with Gasteiger partial charge in [-0.2, -0.15) is 0 Å². The largest absolute Gasteiger partial charge is 0.334 e. The first-order valence-electron chi connectivity index (χ1n) is 6.61. The Kier molecular flexibility index (Phi) is 2.60. The molecule has 0 unspecified atom stereocenters. The fraction of sp³-hybridized carbons (Fsp3) is 0.200. The number of thiazole rings is 1. The van der Waals surface area contributed by atoms with Crippen LogP contribution in [-0.2, 0) is 19.9 Å². The van der Waals surface area contributed by atoms with E-state index >= 15 is 0 Å². The van der Waals surface area contributed by atoms with Crippen molar-refractivity contribution in [3.05, 3.63) is 53.6 Å². The summed E-state index contributed by atoms with van der Waals surface area (Å²) < 4.78 is 4.22. The average Bonchev–Trinajstić information content (AvgIpc) is 3.13. The molecule has 0 amide bonds. The fourth-order valence-electron chi connectivity index (χ4n) is 2.57. The number of nitrogens with zero attached hydrogens (tertiary/aromatic N) is 4. The van der Waals surface area contributed by atoms with Gasteiger partial charge in [-0.05, 0) is 30.5 Å². The maximum absolute atomic E-state index is 4.41. The van der Waals surface area contributed by atoms with E-state index in [1.807, 2.05) is 24.1 Å². The van der Waals surface area contributed by atoms with Crippen molar-refractivity contribution in [3.63, 3.8) is 0 Å². The van der Waals surface area contributed by atoms with Crippen LogP contribution in [0.4, 0.5) is 0 Å². The zero-order valence-electron chi connectivity index (χ0n) is 11.2. The van der Waals surface area contributed by atoms with Gasteiger partial charge in [-0.3, -0.25) is 4.40 Å². The zero-order valence-corrected chi connectivity index (χ0v) is 12.0. The first-order chi connectivity index (χ1) is 9.81. The lowest BCUT2D eigenvalue weighted by atomic mass is 10.1. The molecule has 0 atom stereocenters. The van der Waals surface area contributed by atoms with Crippen molar-refractivity contribution >= 4 is 27.3 Å². The van der Waals surface area contributed by atoms with E-state index in [0.29, 0.717) is 0 Å². The molecule has 0 saturated heterocycles. The number of hydrogen-bond donors (Lipinski definition) is 0. The van der Waals surface area contributed by atoms with E-state index in [2.05, 4.69) is 44.1 Å². The second kappa shape index (κ2) is 4.45. The van der Waals surface area contributed by atoms with Crippen LogP contribution in [0, 0.1) is 0 Å². The topological polar surface area (TPSA) is 35.1 Å². The third-order valence-corrected chi connectivity index (χ3v) is 4.45. The minimum absolute atomic E-state index is 0.996. The highest BCUT2D eigenvalue weighted by Gasteiger charge is 2.06. The van der Waals surface area contributed by atoms with Crippen molar-refractivity contribution in [3.8, 4) is 0 Å². The van der Waals surface area contributed by atoms with Gasteiger partial charge in [-0.25, -0.2) is 9.97 Å². The van der Waals surface area contributed by atoms with Gasteiger partial charge in [0, 0.05) is 24.3 Å². The number of benzene rings is 1. The highest BCUT2D eigenvalue weighted by atomic mass is 32.1. The molecule has 100 valence electrons. The number of imidazole rings is 2. The molecule has 3 aromatic heterocycles. The van der Waals surface area contributed by atoms with Crippen LogP contribution in [-0.4, -0.2) is 18.9 Å². The Morgan fingerprint density at radius 3 is 3.10 bits per heavy atom. The Bertz CT molecular complexity index is 884. The summed E-state index contributed by atoms with van der Waals surface area (Å²) in [7, 11) is 2.02. The quantitative estimate of drug-likeness (QED) is 0.579. The van der Waals surface area contributed by atoms with E-state index in [1.165, 1.54) is 16.8 Å². The minimum atomic E-state index is 0.996. The van der Waals surface area contributed by atoms with E-state index in [1.54, 1.807) is 11.3 Å². The first-order valence-corrected chi connectivity index (χ1v) is 7.48. The highest BCUT2D eigenvalue weighted by Crippen LogP contribution is 2.17. The highest BCUT2D eigenvalue weighted by molar-refractivity contribution is 7.15. The summed E-state index contributed by atoms with van der Waals surface area (Å²) in [6.45, 7) is 0. The molecule has 0 saturated carbocycles. The lowest BCUT2D eigenvalue weighted by molar-refractivity contribution is 0.900. The molecule has 0 N–H and O–H groups in total. The van der Waals surface area contributed by atoms with Crippen molar-refractivity contribution < 1.29 is 0 Å². The molecule has 0 radical (unpaired) electrons. The van der Waals surface area contributed by atoms with E-state index in [9.17, 15) is 0 Å². The summed E-state index contributed by atoms with van der Waals surface area (Å²) in [4.78, 5) is 9.89. The molecule has 0 aliphatic rings. The van der Waals surface area contributed by atoms with Gasteiger partial charge in [0.1, 0.15) is 0 Å². The Hall–Kier alpha value is -2.14. The molecule has 0 aliphatic carbocycles. The van der Waals surface area contributed by atoms with Crippen LogP contribution in [0.2, 0.25) is 0 Å². The van der Waals surface area contributed by atoms with E-state index in [4.69, 9.17) is 0 Å². The van der Waals surface area contributed by atoms with Crippen LogP contribution >= 0.6 is 11.3 Å². The molecular weight excluding hydrogens is 268 g/mol. The Balaban J connectivity index is 1.60. The molecule has 20 heavy (non-hydrogen) atoms. The van der Waals surface area contributed by atoms with Gasteiger partial charge >= 0.3 is 0 Å². The maximum Gasteiger partial charge on any atom is 0.193 e. The SMILES string of the molecule is Cn1cnc2cc(CCc3cnc4sccn34)ccc21. The summed E-state index contributed by atoms with van der Waals surface area (Å²) in [5, 5.41) is 2.08.